The van der Waals surface area contributed by atoms with Crippen LogP contribution < -0.4 is 0 Å². The molecule has 2 heterocycles. The quantitative estimate of drug-likeness (QED) is 0.826. The molecule has 15 heavy (non-hydrogen) atoms. The molecule has 0 aromatic carbocycles. The summed E-state index contributed by atoms with van der Waals surface area (Å²) in [6.45, 7) is 6.95. The van der Waals surface area contributed by atoms with Crippen LogP contribution in [0.2, 0.25) is 0 Å². The summed E-state index contributed by atoms with van der Waals surface area (Å²) < 4.78 is 1.29. The number of piperazine rings is 1. The molecule has 1 saturated heterocycles. The van der Waals surface area contributed by atoms with Gasteiger partial charge in [0.2, 0.25) is 0 Å². The molecule has 4 heteroatoms. The van der Waals surface area contributed by atoms with Crippen molar-refractivity contribution in [1.29, 1.82) is 0 Å². The van der Waals surface area contributed by atoms with Gasteiger partial charge in [0.1, 0.15) is 0 Å². The normalized spacial score (nSPS) is 24.6. The molecule has 0 aliphatic carbocycles. The predicted molar refractivity (Wildman–Crippen MR) is 69.4 cm³/mol. The highest BCUT2D eigenvalue weighted by atomic mass is 79.9. The third-order valence-corrected chi connectivity index (χ3v) is 4.85. The Morgan fingerprint density at radius 2 is 2.33 bits per heavy atom. The minimum atomic E-state index is 0.663. The van der Waals surface area contributed by atoms with E-state index in [0.29, 0.717) is 6.04 Å². The van der Waals surface area contributed by atoms with Gasteiger partial charge in [0.05, 0.1) is 3.79 Å². The number of rotatable bonds is 2. The Bertz CT molecular complexity index is 326. The Morgan fingerprint density at radius 3 is 2.93 bits per heavy atom. The standard InChI is InChI=1S/C11H17BrN2S/c1-9-7-13(2)4-5-14(9)8-10-3-6-15-11(10)12/h3,6,9H,4-5,7-8H2,1-2H3. The molecule has 0 amide bonds. The molecule has 0 bridgehead atoms. The number of nitrogens with zero attached hydrogens (tertiary/aromatic N) is 2. The Hall–Kier alpha value is 0.100. The molecule has 2 nitrogen and oxygen atoms in total. The fourth-order valence-corrected chi connectivity index (χ4v) is 3.28. The lowest BCUT2D eigenvalue weighted by molar-refractivity contribution is 0.0938. The van der Waals surface area contributed by atoms with Gasteiger partial charge in [0.15, 0.2) is 0 Å². The molecule has 1 unspecified atom stereocenters. The lowest BCUT2D eigenvalue weighted by Gasteiger charge is -2.38. The average Bonchev–Trinajstić information content (AvgIpc) is 2.57. The lowest BCUT2D eigenvalue weighted by atomic mass is 10.2. The zero-order chi connectivity index (χ0) is 10.8. The fourth-order valence-electron chi connectivity index (χ4n) is 2.06. The van der Waals surface area contributed by atoms with Crippen molar-refractivity contribution in [2.24, 2.45) is 0 Å². The van der Waals surface area contributed by atoms with Crippen molar-refractivity contribution >= 4 is 27.3 Å². The average molecular weight is 289 g/mol. The molecule has 84 valence electrons. The maximum absolute atomic E-state index is 3.61. The van der Waals surface area contributed by atoms with Crippen LogP contribution in [0.4, 0.5) is 0 Å². The second-order valence-corrected chi connectivity index (χ2v) is 6.54. The monoisotopic (exact) mass is 288 g/mol. The molecular formula is C11H17BrN2S. The van der Waals surface area contributed by atoms with Gasteiger partial charge in [-0.3, -0.25) is 4.90 Å². The minimum absolute atomic E-state index is 0.663. The number of likely N-dealkylation sites (N-methyl/N-ethyl adjacent to an activating group) is 1. The number of halogens is 1. The third kappa shape index (κ3) is 2.81. The van der Waals surface area contributed by atoms with Gasteiger partial charge in [-0.05, 0) is 46.9 Å². The van der Waals surface area contributed by atoms with Gasteiger partial charge in [-0.15, -0.1) is 11.3 Å². The van der Waals surface area contributed by atoms with Crippen LogP contribution in [0.3, 0.4) is 0 Å². The van der Waals surface area contributed by atoms with E-state index in [1.54, 1.807) is 11.3 Å². The van der Waals surface area contributed by atoms with Crippen molar-refractivity contribution in [2.75, 3.05) is 26.7 Å². The molecule has 0 N–H and O–H groups in total. The first-order valence-electron chi connectivity index (χ1n) is 5.31. The molecule has 0 spiro atoms. The zero-order valence-corrected chi connectivity index (χ0v) is 11.6. The van der Waals surface area contributed by atoms with Crippen molar-refractivity contribution in [3.8, 4) is 0 Å². The van der Waals surface area contributed by atoms with Crippen molar-refractivity contribution < 1.29 is 0 Å². The van der Waals surface area contributed by atoms with E-state index in [1.165, 1.54) is 29.0 Å². The second kappa shape index (κ2) is 4.95. The molecule has 2 rings (SSSR count). The Balaban J connectivity index is 1.98. The highest BCUT2D eigenvalue weighted by Gasteiger charge is 2.21. The van der Waals surface area contributed by atoms with Crippen LogP contribution >= 0.6 is 27.3 Å². The first-order valence-corrected chi connectivity index (χ1v) is 6.98. The van der Waals surface area contributed by atoms with Gasteiger partial charge in [-0.2, -0.15) is 0 Å². The molecule has 0 saturated carbocycles. The zero-order valence-electron chi connectivity index (χ0n) is 9.24. The van der Waals surface area contributed by atoms with Crippen molar-refractivity contribution in [3.05, 3.63) is 20.8 Å². The summed E-state index contributed by atoms with van der Waals surface area (Å²) in [5, 5.41) is 2.15. The van der Waals surface area contributed by atoms with Crippen LogP contribution in [0.15, 0.2) is 15.2 Å². The summed E-state index contributed by atoms with van der Waals surface area (Å²) in [4.78, 5) is 4.97. The summed E-state index contributed by atoms with van der Waals surface area (Å²) in [5.41, 5.74) is 1.43. The van der Waals surface area contributed by atoms with Gasteiger partial charge in [-0.1, -0.05) is 0 Å². The van der Waals surface area contributed by atoms with E-state index in [9.17, 15) is 0 Å². The van der Waals surface area contributed by atoms with E-state index in [-0.39, 0.29) is 0 Å². The summed E-state index contributed by atoms with van der Waals surface area (Å²) in [6, 6.07) is 2.88. The van der Waals surface area contributed by atoms with Crippen LogP contribution in [0, 0.1) is 0 Å². The molecule has 1 aromatic rings. The van der Waals surface area contributed by atoms with Gasteiger partial charge < -0.3 is 4.90 Å². The van der Waals surface area contributed by atoms with Crippen LogP contribution in [-0.4, -0.2) is 42.5 Å². The van der Waals surface area contributed by atoms with Gasteiger partial charge in [-0.25, -0.2) is 0 Å². The number of hydrogen-bond donors (Lipinski definition) is 0. The first kappa shape index (κ1) is 11.6. The van der Waals surface area contributed by atoms with Crippen molar-refractivity contribution in [3.63, 3.8) is 0 Å². The lowest BCUT2D eigenvalue weighted by Crippen LogP contribution is -2.49. The highest BCUT2D eigenvalue weighted by molar-refractivity contribution is 9.11. The summed E-state index contributed by atoms with van der Waals surface area (Å²) >= 11 is 5.38. The molecule has 1 aromatic heterocycles. The Morgan fingerprint density at radius 1 is 1.53 bits per heavy atom. The molecule has 0 radical (unpaired) electrons. The molecule has 1 aliphatic heterocycles. The Kier molecular flexibility index (Phi) is 3.83. The first-order chi connectivity index (χ1) is 7.16. The van der Waals surface area contributed by atoms with E-state index >= 15 is 0 Å². The summed E-state index contributed by atoms with van der Waals surface area (Å²) in [7, 11) is 2.20. The van der Waals surface area contributed by atoms with E-state index in [4.69, 9.17) is 0 Å². The predicted octanol–water partition coefficient (Wildman–Crippen LogP) is 2.65. The van der Waals surface area contributed by atoms with Crippen molar-refractivity contribution in [1.82, 2.24) is 9.80 Å². The topological polar surface area (TPSA) is 6.48 Å². The summed E-state index contributed by atoms with van der Waals surface area (Å²) in [6.07, 6.45) is 0. The van der Waals surface area contributed by atoms with Crippen LogP contribution in [0.5, 0.6) is 0 Å². The van der Waals surface area contributed by atoms with E-state index < -0.39 is 0 Å². The molecule has 1 atom stereocenters. The largest absolute Gasteiger partial charge is 0.304 e. The Labute approximate surface area is 104 Å². The maximum Gasteiger partial charge on any atom is 0.0743 e. The number of hydrogen-bond acceptors (Lipinski definition) is 3. The summed E-state index contributed by atoms with van der Waals surface area (Å²) in [5.74, 6) is 0. The van der Waals surface area contributed by atoms with Gasteiger partial charge >= 0.3 is 0 Å². The molecule has 1 aliphatic rings. The minimum Gasteiger partial charge on any atom is -0.304 e. The molecular weight excluding hydrogens is 272 g/mol. The van der Waals surface area contributed by atoms with Gasteiger partial charge in [0, 0.05) is 32.2 Å². The smallest absolute Gasteiger partial charge is 0.0743 e. The van der Waals surface area contributed by atoms with Crippen LogP contribution in [0.1, 0.15) is 12.5 Å². The second-order valence-electron chi connectivity index (χ2n) is 4.30. The van der Waals surface area contributed by atoms with Crippen LogP contribution in [0.25, 0.3) is 0 Å². The van der Waals surface area contributed by atoms with Crippen molar-refractivity contribution in [2.45, 2.75) is 19.5 Å². The van der Waals surface area contributed by atoms with E-state index in [0.717, 1.165) is 6.54 Å². The van der Waals surface area contributed by atoms with E-state index in [1.807, 2.05) is 0 Å². The third-order valence-electron chi connectivity index (χ3n) is 3.03. The fraction of sp³-hybridized carbons (Fsp3) is 0.636. The SMILES string of the molecule is CC1CN(C)CCN1Cc1ccsc1Br. The molecule has 1 fully saturated rings. The number of thiophene rings is 1. The van der Waals surface area contributed by atoms with Crippen LogP contribution in [-0.2, 0) is 6.54 Å². The maximum atomic E-state index is 3.61. The highest BCUT2D eigenvalue weighted by Crippen LogP contribution is 2.25. The van der Waals surface area contributed by atoms with E-state index in [2.05, 4.69) is 51.1 Å². The van der Waals surface area contributed by atoms with Gasteiger partial charge in [0.25, 0.3) is 0 Å².